The molecule has 0 spiro atoms. The van der Waals surface area contributed by atoms with Crippen LogP contribution in [0.25, 0.3) is 0 Å². The Bertz CT molecular complexity index is 1080. The molecule has 1 heterocycles. The summed E-state index contributed by atoms with van der Waals surface area (Å²) in [7, 11) is -4.02. The molecule has 8 nitrogen and oxygen atoms in total. The molecule has 3 aromatic rings. The van der Waals surface area contributed by atoms with Crippen molar-refractivity contribution in [3.63, 3.8) is 0 Å². The average Bonchev–Trinajstić information content (AvgIpc) is 3.17. The lowest BCUT2D eigenvalue weighted by molar-refractivity contribution is 0.327. The molecular weight excluding hydrogens is 448 g/mol. The smallest absolute Gasteiger partial charge is 0.339 e. The lowest BCUT2D eigenvalue weighted by Crippen LogP contribution is -2.11. The second-order valence-corrected chi connectivity index (χ2v) is 8.10. The second kappa shape index (κ2) is 8.53. The van der Waals surface area contributed by atoms with E-state index in [1.54, 1.807) is 37.4 Å². The number of halogens is 1. The quantitative estimate of drug-likeness (QED) is 0.392. The molecule has 0 saturated carbocycles. The first-order chi connectivity index (χ1) is 13.4. The Kier molecular flexibility index (Phi) is 6.10. The van der Waals surface area contributed by atoms with Crippen LogP contribution in [0, 0.1) is 6.92 Å². The maximum Gasteiger partial charge on any atom is 0.339 e. The molecule has 28 heavy (non-hydrogen) atoms. The van der Waals surface area contributed by atoms with E-state index >= 15 is 0 Å². The first-order valence-corrected chi connectivity index (χ1v) is 10.5. The van der Waals surface area contributed by atoms with Crippen molar-refractivity contribution >= 4 is 32.3 Å². The number of aryl methyl sites for hydroxylation is 1. The van der Waals surface area contributed by atoms with Gasteiger partial charge in [-0.25, -0.2) is 4.68 Å². The molecule has 1 aromatic heterocycles. The van der Waals surface area contributed by atoms with Crippen LogP contribution in [0.15, 0.2) is 63.5 Å². The highest BCUT2D eigenvalue weighted by molar-refractivity contribution is 9.10. The van der Waals surface area contributed by atoms with E-state index in [9.17, 15) is 8.42 Å². The maximum absolute atomic E-state index is 12.6. The molecule has 0 aliphatic rings. The summed E-state index contributed by atoms with van der Waals surface area (Å²) >= 11 is 3.36. The zero-order chi connectivity index (χ0) is 20.1. The standard InChI is InChI=1S/C18H17BrN4O4S/c1-3-26-17-9-14(10-22-23-11-20-21-12-23)8-16(19)18(17)27-28(24,25)15-6-4-13(2)5-7-15/h4-12H,3H2,1-2H3/b22-10-. The van der Waals surface area contributed by atoms with Gasteiger partial charge in [0.1, 0.15) is 17.6 Å². The van der Waals surface area contributed by atoms with Crippen molar-refractivity contribution in [3.05, 3.63) is 64.7 Å². The second-order valence-electron chi connectivity index (χ2n) is 5.70. The predicted octanol–water partition coefficient (Wildman–Crippen LogP) is 3.40. The van der Waals surface area contributed by atoms with E-state index in [1.165, 1.54) is 29.5 Å². The van der Waals surface area contributed by atoms with Crippen molar-refractivity contribution in [2.75, 3.05) is 6.61 Å². The van der Waals surface area contributed by atoms with Gasteiger partial charge in [-0.3, -0.25) is 0 Å². The summed E-state index contributed by atoms with van der Waals surface area (Å²) < 4.78 is 38.1. The molecule has 0 aliphatic heterocycles. The molecule has 10 heteroatoms. The van der Waals surface area contributed by atoms with E-state index in [0.29, 0.717) is 16.6 Å². The molecule has 0 N–H and O–H groups in total. The minimum Gasteiger partial charge on any atom is -0.490 e. The van der Waals surface area contributed by atoms with Crippen LogP contribution in [0.3, 0.4) is 0 Å². The molecule has 0 radical (unpaired) electrons. The number of nitrogens with zero attached hydrogens (tertiary/aromatic N) is 4. The van der Waals surface area contributed by atoms with Crippen molar-refractivity contribution in [2.24, 2.45) is 5.10 Å². The van der Waals surface area contributed by atoms with Gasteiger partial charge in [-0.15, -0.1) is 10.2 Å². The van der Waals surface area contributed by atoms with E-state index in [2.05, 4.69) is 31.2 Å². The van der Waals surface area contributed by atoms with Gasteiger partial charge in [0.15, 0.2) is 11.5 Å². The largest absolute Gasteiger partial charge is 0.490 e. The van der Waals surface area contributed by atoms with Crippen molar-refractivity contribution in [1.82, 2.24) is 14.9 Å². The molecule has 2 aromatic carbocycles. The number of ether oxygens (including phenoxy) is 1. The van der Waals surface area contributed by atoms with Gasteiger partial charge in [-0.05, 0) is 59.6 Å². The van der Waals surface area contributed by atoms with Gasteiger partial charge in [-0.1, -0.05) is 17.7 Å². The number of rotatable bonds is 7. The predicted molar refractivity (Wildman–Crippen MR) is 107 cm³/mol. The highest BCUT2D eigenvalue weighted by atomic mass is 79.9. The summed E-state index contributed by atoms with van der Waals surface area (Å²) in [5.41, 5.74) is 1.62. The Morgan fingerprint density at radius 1 is 1.18 bits per heavy atom. The van der Waals surface area contributed by atoms with Gasteiger partial charge >= 0.3 is 10.1 Å². The lowest BCUT2D eigenvalue weighted by Gasteiger charge is -2.14. The molecule has 0 amide bonds. The van der Waals surface area contributed by atoms with Gasteiger partial charge in [0.25, 0.3) is 0 Å². The summed E-state index contributed by atoms with van der Waals surface area (Å²) in [5.74, 6) is 0.349. The van der Waals surface area contributed by atoms with Crippen molar-refractivity contribution in [2.45, 2.75) is 18.7 Å². The molecule has 0 fully saturated rings. The molecular formula is C18H17BrN4O4S. The normalized spacial score (nSPS) is 11.7. The van der Waals surface area contributed by atoms with Crippen LogP contribution in [0.1, 0.15) is 18.1 Å². The minimum atomic E-state index is -4.02. The summed E-state index contributed by atoms with van der Waals surface area (Å²) in [5, 5.41) is 11.5. The Morgan fingerprint density at radius 3 is 2.50 bits per heavy atom. The Balaban J connectivity index is 1.94. The monoisotopic (exact) mass is 464 g/mol. The summed E-state index contributed by atoms with van der Waals surface area (Å²) in [4.78, 5) is 0.0608. The average molecular weight is 465 g/mol. The first kappa shape index (κ1) is 20.0. The Labute approximate surface area is 171 Å². The summed E-state index contributed by atoms with van der Waals surface area (Å²) in [6, 6.07) is 9.73. The Morgan fingerprint density at radius 2 is 1.86 bits per heavy atom. The van der Waals surface area contributed by atoms with E-state index in [1.807, 2.05) is 6.92 Å². The number of hydrogen-bond donors (Lipinski definition) is 0. The molecule has 146 valence electrons. The van der Waals surface area contributed by atoms with Crippen LogP contribution in [0.2, 0.25) is 0 Å². The van der Waals surface area contributed by atoms with Crippen LogP contribution >= 0.6 is 15.9 Å². The molecule has 0 aliphatic carbocycles. The molecule has 0 saturated heterocycles. The number of benzene rings is 2. The SMILES string of the molecule is CCOc1cc(/C=N\n2cnnc2)cc(Br)c1OS(=O)(=O)c1ccc(C)cc1. The van der Waals surface area contributed by atoms with Crippen LogP contribution in [-0.2, 0) is 10.1 Å². The Hall–Kier alpha value is -2.72. The summed E-state index contributed by atoms with van der Waals surface area (Å²) in [6.45, 7) is 4.00. The highest BCUT2D eigenvalue weighted by Gasteiger charge is 2.22. The lowest BCUT2D eigenvalue weighted by atomic mass is 10.2. The van der Waals surface area contributed by atoms with Crippen molar-refractivity contribution < 1.29 is 17.3 Å². The van der Waals surface area contributed by atoms with E-state index in [0.717, 1.165) is 5.56 Å². The van der Waals surface area contributed by atoms with Gasteiger partial charge < -0.3 is 8.92 Å². The highest BCUT2D eigenvalue weighted by Crippen LogP contribution is 2.38. The number of aromatic nitrogens is 3. The van der Waals surface area contributed by atoms with Crippen LogP contribution in [0.5, 0.6) is 11.5 Å². The van der Waals surface area contributed by atoms with Gasteiger partial charge in [0.2, 0.25) is 0 Å². The van der Waals surface area contributed by atoms with Crippen molar-refractivity contribution in [1.29, 1.82) is 0 Å². The van der Waals surface area contributed by atoms with Gasteiger partial charge in [0, 0.05) is 0 Å². The molecule has 0 atom stereocenters. The van der Waals surface area contributed by atoms with E-state index < -0.39 is 10.1 Å². The first-order valence-electron chi connectivity index (χ1n) is 8.25. The number of hydrogen-bond acceptors (Lipinski definition) is 7. The van der Waals surface area contributed by atoms with Crippen LogP contribution < -0.4 is 8.92 Å². The van der Waals surface area contributed by atoms with Crippen LogP contribution in [-0.4, -0.2) is 36.1 Å². The van der Waals surface area contributed by atoms with Gasteiger partial charge in [-0.2, -0.15) is 13.5 Å². The molecule has 0 bridgehead atoms. The third-order valence-electron chi connectivity index (χ3n) is 3.58. The maximum atomic E-state index is 12.6. The molecule has 3 rings (SSSR count). The summed E-state index contributed by atoms with van der Waals surface area (Å²) in [6.07, 6.45) is 4.45. The fourth-order valence-electron chi connectivity index (χ4n) is 2.26. The van der Waals surface area contributed by atoms with Crippen molar-refractivity contribution in [3.8, 4) is 11.5 Å². The van der Waals surface area contributed by atoms with E-state index in [-0.39, 0.29) is 16.4 Å². The fraction of sp³-hybridized carbons (Fsp3) is 0.167. The van der Waals surface area contributed by atoms with Crippen LogP contribution in [0.4, 0.5) is 0 Å². The topological polar surface area (TPSA) is 95.7 Å². The zero-order valence-electron chi connectivity index (χ0n) is 15.1. The molecule has 0 unspecified atom stereocenters. The minimum absolute atomic E-state index is 0.0608. The third-order valence-corrected chi connectivity index (χ3v) is 5.41. The van der Waals surface area contributed by atoms with E-state index in [4.69, 9.17) is 8.92 Å². The zero-order valence-corrected chi connectivity index (χ0v) is 17.5. The fourth-order valence-corrected chi connectivity index (χ4v) is 3.86. The third kappa shape index (κ3) is 4.76. The van der Waals surface area contributed by atoms with Gasteiger partial charge in [0.05, 0.1) is 17.3 Å².